The Morgan fingerprint density at radius 2 is 1.26 bits per heavy atom. The minimum absolute atomic E-state index is 0.220. The van der Waals surface area contributed by atoms with E-state index in [-0.39, 0.29) is 5.56 Å². The maximum absolute atomic E-state index is 10.1. The van der Waals surface area contributed by atoms with Crippen molar-refractivity contribution in [1.82, 2.24) is 4.48 Å². The minimum atomic E-state index is -1.13. The summed E-state index contributed by atoms with van der Waals surface area (Å²) in [6.45, 7) is 0. The van der Waals surface area contributed by atoms with Gasteiger partial charge in [-0.3, -0.25) is 4.48 Å². The lowest BCUT2D eigenvalue weighted by atomic mass is 10.2. The predicted molar refractivity (Wildman–Crippen MR) is 76.8 cm³/mol. The summed E-state index contributed by atoms with van der Waals surface area (Å²) in [6, 6.07) is 18.5. The summed E-state index contributed by atoms with van der Waals surface area (Å²) < 4.78 is 0.890. The largest absolute Gasteiger partial charge is 0.545 e. The molecular weight excluding hydrogens is 238 g/mol. The maximum atomic E-state index is 10.1. The van der Waals surface area contributed by atoms with E-state index in [0.29, 0.717) is 0 Å². The minimum Gasteiger partial charge on any atom is -0.545 e. The van der Waals surface area contributed by atoms with Crippen LogP contribution in [0.25, 0.3) is 0 Å². The molecule has 0 aliphatic carbocycles. The van der Waals surface area contributed by atoms with E-state index in [1.165, 1.54) is 17.8 Å². The van der Waals surface area contributed by atoms with E-state index in [1.54, 1.807) is 18.2 Å². The molecule has 0 saturated heterocycles. The highest BCUT2D eigenvalue weighted by molar-refractivity contribution is 5.85. The first-order chi connectivity index (χ1) is 8.91. The van der Waals surface area contributed by atoms with Crippen LogP contribution in [0.15, 0.2) is 60.7 Å². The first-order valence-corrected chi connectivity index (χ1v) is 6.04. The second-order valence-electron chi connectivity index (χ2n) is 5.00. The van der Waals surface area contributed by atoms with Gasteiger partial charge in [0, 0.05) is 0 Å². The lowest BCUT2D eigenvalue weighted by molar-refractivity contribution is -0.255. The molecule has 19 heavy (non-hydrogen) atoms. The van der Waals surface area contributed by atoms with Crippen LogP contribution in [0.5, 0.6) is 0 Å². The smallest absolute Gasteiger partial charge is 0.132 e. The summed E-state index contributed by atoms with van der Waals surface area (Å²) in [5.74, 6) is -1.13. The Morgan fingerprint density at radius 3 is 1.53 bits per heavy atom. The van der Waals surface area contributed by atoms with E-state index in [0.717, 1.165) is 4.48 Å². The monoisotopic (exact) mass is 257 g/mol. The lowest BCUT2D eigenvalue weighted by Crippen LogP contribution is -2.34. The summed E-state index contributed by atoms with van der Waals surface area (Å²) in [5.41, 5.74) is 1.56. The van der Waals surface area contributed by atoms with Crippen molar-refractivity contribution in [1.29, 1.82) is 0 Å². The molecule has 0 bridgehead atoms. The summed E-state index contributed by atoms with van der Waals surface area (Å²) in [6.07, 6.45) is 0. The van der Waals surface area contributed by atoms with Gasteiger partial charge in [0.25, 0.3) is 0 Å². The molecule has 0 radical (unpaired) electrons. The van der Waals surface area contributed by atoms with Crippen molar-refractivity contribution in [3.05, 3.63) is 66.2 Å². The highest BCUT2D eigenvalue weighted by atomic mass is 16.4. The highest BCUT2D eigenvalue weighted by Crippen LogP contribution is 2.14. The van der Waals surface area contributed by atoms with Gasteiger partial charge in [0.05, 0.1) is 27.1 Å². The third-order valence-corrected chi connectivity index (χ3v) is 2.54. The number of aromatic carboxylic acids is 1. The highest BCUT2D eigenvalue weighted by Gasteiger charge is 2.08. The molecule has 3 nitrogen and oxygen atoms in total. The zero-order valence-electron chi connectivity index (χ0n) is 11.5. The van der Waals surface area contributed by atoms with Crippen LogP contribution in [0.3, 0.4) is 0 Å². The van der Waals surface area contributed by atoms with Crippen molar-refractivity contribution >= 4 is 11.7 Å². The molecule has 2 aromatic rings. The van der Waals surface area contributed by atoms with E-state index in [1.807, 2.05) is 6.07 Å². The first-order valence-electron chi connectivity index (χ1n) is 6.04. The van der Waals surface area contributed by atoms with Gasteiger partial charge in [-0.05, 0) is 17.7 Å². The molecule has 3 heteroatoms. The van der Waals surface area contributed by atoms with Gasteiger partial charge in [-0.25, -0.2) is 0 Å². The molecule has 100 valence electrons. The number of carboxylic acid groups (broad SMARTS) is 1. The molecule has 2 rings (SSSR count). The molecule has 0 aliphatic rings. The second kappa shape index (κ2) is 6.71. The van der Waals surface area contributed by atoms with Gasteiger partial charge in [0.2, 0.25) is 0 Å². The van der Waals surface area contributed by atoms with E-state index in [9.17, 15) is 9.90 Å². The fourth-order valence-electron chi connectivity index (χ4n) is 1.45. The second-order valence-corrected chi connectivity index (χ2v) is 5.00. The van der Waals surface area contributed by atoms with Crippen molar-refractivity contribution in [2.75, 3.05) is 21.1 Å². The van der Waals surface area contributed by atoms with E-state index < -0.39 is 5.97 Å². The van der Waals surface area contributed by atoms with Crippen LogP contribution in [0.1, 0.15) is 10.4 Å². The fourth-order valence-corrected chi connectivity index (χ4v) is 1.45. The Morgan fingerprint density at radius 1 is 0.842 bits per heavy atom. The van der Waals surface area contributed by atoms with Crippen LogP contribution >= 0.6 is 0 Å². The number of carbonyl (C=O) groups excluding carboxylic acids is 1. The van der Waals surface area contributed by atoms with Crippen LogP contribution in [0, 0.1) is 0 Å². The van der Waals surface area contributed by atoms with Gasteiger partial charge in [-0.2, -0.15) is 0 Å². The third-order valence-electron chi connectivity index (χ3n) is 2.54. The Kier molecular flexibility index (Phi) is 5.27. The fraction of sp³-hybridized carbons (Fsp3) is 0.188. The van der Waals surface area contributed by atoms with E-state index in [4.69, 9.17) is 0 Å². The van der Waals surface area contributed by atoms with Crippen molar-refractivity contribution < 1.29 is 9.90 Å². The molecule has 0 aromatic heterocycles. The molecule has 0 fully saturated rings. The molecule has 0 amide bonds. The van der Waals surface area contributed by atoms with Gasteiger partial charge in [-0.15, -0.1) is 0 Å². The van der Waals surface area contributed by atoms with Crippen molar-refractivity contribution in [3.8, 4) is 0 Å². The van der Waals surface area contributed by atoms with Gasteiger partial charge >= 0.3 is 0 Å². The number of hydrogen-bond acceptors (Lipinski definition) is 2. The molecule has 0 atom stereocenters. The Bertz CT molecular complexity index is 501. The van der Waals surface area contributed by atoms with Crippen LogP contribution in [-0.2, 0) is 0 Å². The Balaban J connectivity index is 0.000000191. The predicted octanol–water partition coefficient (Wildman–Crippen LogP) is 1.93. The molecule has 0 N–H and O–H groups in total. The molecule has 0 heterocycles. The van der Waals surface area contributed by atoms with Gasteiger partial charge < -0.3 is 9.90 Å². The Hall–Kier alpha value is -2.13. The quantitative estimate of drug-likeness (QED) is 0.771. The summed E-state index contributed by atoms with van der Waals surface area (Å²) >= 11 is 0. The number of carboxylic acids is 1. The molecule has 0 aliphatic heterocycles. The molecular formula is C16H19NO2. The zero-order valence-corrected chi connectivity index (χ0v) is 11.5. The van der Waals surface area contributed by atoms with Gasteiger partial charge in [0.1, 0.15) is 5.69 Å². The van der Waals surface area contributed by atoms with Crippen LogP contribution < -0.4 is 9.59 Å². The normalized spacial score (nSPS) is 10.3. The summed E-state index contributed by atoms with van der Waals surface area (Å²) in [4.78, 5) is 10.1. The van der Waals surface area contributed by atoms with Crippen LogP contribution in [0.2, 0.25) is 0 Å². The van der Waals surface area contributed by atoms with Crippen LogP contribution in [0.4, 0.5) is 5.69 Å². The zero-order chi connectivity index (χ0) is 14.3. The lowest BCUT2D eigenvalue weighted by Gasteiger charge is -2.22. The third kappa shape index (κ3) is 5.36. The number of rotatable bonds is 2. The average Bonchev–Trinajstić information content (AvgIpc) is 2.40. The molecule has 0 spiro atoms. The SMILES string of the molecule is C[N+](C)(C)c1ccccc1.O=C([O-])c1ccccc1. The first kappa shape index (κ1) is 14.9. The Labute approximate surface area is 114 Å². The summed E-state index contributed by atoms with van der Waals surface area (Å²) in [7, 11) is 6.49. The van der Waals surface area contributed by atoms with Crippen molar-refractivity contribution in [2.45, 2.75) is 0 Å². The number of nitrogens with zero attached hydrogens (tertiary/aromatic N) is 1. The van der Waals surface area contributed by atoms with Crippen LogP contribution in [-0.4, -0.2) is 27.1 Å². The number of para-hydroxylation sites is 1. The van der Waals surface area contributed by atoms with Crippen molar-refractivity contribution in [2.24, 2.45) is 0 Å². The standard InChI is InChI=1S/C9H14N.C7H6O2/c1-10(2,3)9-7-5-4-6-8-9;8-7(9)6-4-2-1-3-5-6/h4-8H,1-3H3;1-5H,(H,8,9)/q+1;/p-1. The number of quaternary nitrogens is 1. The molecule has 0 unspecified atom stereocenters. The number of hydrogen-bond donors (Lipinski definition) is 0. The van der Waals surface area contributed by atoms with Gasteiger partial charge in [-0.1, -0.05) is 48.5 Å². The van der Waals surface area contributed by atoms with Gasteiger partial charge in [0.15, 0.2) is 0 Å². The van der Waals surface area contributed by atoms with Crippen molar-refractivity contribution in [3.63, 3.8) is 0 Å². The van der Waals surface area contributed by atoms with E-state index in [2.05, 4.69) is 45.4 Å². The number of benzene rings is 2. The number of carbonyl (C=O) groups is 1. The topological polar surface area (TPSA) is 40.1 Å². The average molecular weight is 257 g/mol. The maximum Gasteiger partial charge on any atom is 0.132 e. The molecule has 0 saturated carbocycles. The summed E-state index contributed by atoms with van der Waals surface area (Å²) in [5, 5.41) is 10.1. The van der Waals surface area contributed by atoms with E-state index >= 15 is 0 Å². The molecule has 2 aromatic carbocycles.